The smallest absolute Gasteiger partial charge is 0.338 e. The fourth-order valence-corrected chi connectivity index (χ4v) is 3.72. The van der Waals surface area contributed by atoms with Crippen LogP contribution in [0.5, 0.6) is 0 Å². The van der Waals surface area contributed by atoms with Gasteiger partial charge in [-0.15, -0.1) is 0 Å². The van der Waals surface area contributed by atoms with Gasteiger partial charge in [-0.05, 0) is 29.9 Å². The molecule has 25 heavy (non-hydrogen) atoms. The van der Waals surface area contributed by atoms with Crippen LogP contribution in [0.2, 0.25) is 0 Å². The Bertz CT molecular complexity index is 775. The number of aromatic carboxylic acids is 1. The Morgan fingerprint density at radius 1 is 1.32 bits per heavy atom. The maximum atomic E-state index is 11.9. The molecule has 2 aliphatic heterocycles. The van der Waals surface area contributed by atoms with Crippen molar-refractivity contribution >= 4 is 5.97 Å². The van der Waals surface area contributed by atoms with E-state index in [-0.39, 0.29) is 5.56 Å². The van der Waals surface area contributed by atoms with Gasteiger partial charge in [-0.3, -0.25) is 9.88 Å². The molecule has 4 heterocycles. The van der Waals surface area contributed by atoms with E-state index in [0.29, 0.717) is 23.6 Å². The molecule has 1 atom stereocenters. The predicted octanol–water partition coefficient (Wildman–Crippen LogP) is 1.63. The highest BCUT2D eigenvalue weighted by Crippen LogP contribution is 2.30. The topological polar surface area (TPSA) is 88.4 Å². The van der Waals surface area contributed by atoms with E-state index in [1.165, 1.54) is 6.33 Å². The van der Waals surface area contributed by atoms with E-state index in [4.69, 9.17) is 4.74 Å². The van der Waals surface area contributed by atoms with Crippen LogP contribution in [-0.4, -0.2) is 57.2 Å². The average Bonchev–Trinajstić information content (AvgIpc) is 3.14. The van der Waals surface area contributed by atoms with Crippen LogP contribution >= 0.6 is 0 Å². The molecule has 2 aliphatic rings. The molecule has 0 bridgehead atoms. The van der Waals surface area contributed by atoms with Crippen LogP contribution in [0.1, 0.15) is 27.9 Å². The summed E-state index contributed by atoms with van der Waals surface area (Å²) in [5, 5.41) is 9.77. The van der Waals surface area contributed by atoms with Gasteiger partial charge in [-0.1, -0.05) is 0 Å². The number of carbonyl (C=O) groups is 1. The number of pyridine rings is 1. The molecule has 0 aliphatic carbocycles. The summed E-state index contributed by atoms with van der Waals surface area (Å²) < 4.78 is 5.45. The van der Waals surface area contributed by atoms with E-state index in [0.717, 1.165) is 50.4 Å². The summed E-state index contributed by atoms with van der Waals surface area (Å²) in [6, 6.07) is 0. The lowest BCUT2D eigenvalue weighted by molar-refractivity contribution is 0.0695. The predicted molar refractivity (Wildman–Crippen MR) is 90.1 cm³/mol. The number of ether oxygens (including phenoxy) is 1. The molecular weight excluding hydrogens is 320 g/mol. The van der Waals surface area contributed by atoms with E-state index in [1.807, 2.05) is 0 Å². The van der Waals surface area contributed by atoms with Gasteiger partial charge in [0.25, 0.3) is 0 Å². The van der Waals surface area contributed by atoms with Gasteiger partial charge in [0.15, 0.2) is 0 Å². The molecule has 0 saturated carbocycles. The molecule has 2 aromatic heterocycles. The third-order valence-electron chi connectivity index (χ3n) is 4.94. The minimum atomic E-state index is -0.944. The van der Waals surface area contributed by atoms with Crippen molar-refractivity contribution in [1.29, 1.82) is 0 Å². The summed E-state index contributed by atoms with van der Waals surface area (Å²) in [5.74, 6) is -0.366. The maximum Gasteiger partial charge on any atom is 0.338 e. The first-order valence-electron chi connectivity index (χ1n) is 8.52. The zero-order valence-corrected chi connectivity index (χ0v) is 13.9. The van der Waals surface area contributed by atoms with Crippen molar-refractivity contribution in [3.63, 3.8) is 0 Å². The fourth-order valence-electron chi connectivity index (χ4n) is 3.72. The van der Waals surface area contributed by atoms with Crippen molar-refractivity contribution in [2.24, 2.45) is 5.92 Å². The number of aromatic nitrogens is 3. The maximum absolute atomic E-state index is 11.9. The third-order valence-corrected chi connectivity index (χ3v) is 4.94. The SMILES string of the molecule is O=C(O)c1c(-c2cncnc2)ncc2c1CCN(CC1CCOC1)C2. The lowest BCUT2D eigenvalue weighted by Gasteiger charge is -2.31. The van der Waals surface area contributed by atoms with E-state index in [1.54, 1.807) is 18.6 Å². The number of carboxylic acid groups (broad SMARTS) is 1. The minimum Gasteiger partial charge on any atom is -0.478 e. The zero-order valence-electron chi connectivity index (χ0n) is 13.9. The molecule has 0 aromatic carbocycles. The van der Waals surface area contributed by atoms with Gasteiger partial charge in [-0.2, -0.15) is 0 Å². The number of hydrogen-bond acceptors (Lipinski definition) is 6. The molecular formula is C18H20N4O3. The van der Waals surface area contributed by atoms with Gasteiger partial charge in [0.1, 0.15) is 6.33 Å². The monoisotopic (exact) mass is 340 g/mol. The number of fused-ring (bicyclic) bond motifs is 1. The van der Waals surface area contributed by atoms with Crippen molar-refractivity contribution in [3.05, 3.63) is 41.6 Å². The first kappa shape index (κ1) is 16.1. The van der Waals surface area contributed by atoms with E-state index < -0.39 is 5.97 Å². The summed E-state index contributed by atoms with van der Waals surface area (Å²) in [7, 11) is 0. The molecule has 1 N–H and O–H groups in total. The molecule has 0 spiro atoms. The summed E-state index contributed by atoms with van der Waals surface area (Å²) in [5.41, 5.74) is 3.26. The molecule has 1 unspecified atom stereocenters. The van der Waals surface area contributed by atoms with Crippen LogP contribution in [0.3, 0.4) is 0 Å². The van der Waals surface area contributed by atoms with E-state index >= 15 is 0 Å². The molecule has 7 heteroatoms. The number of hydrogen-bond donors (Lipinski definition) is 1. The van der Waals surface area contributed by atoms with Gasteiger partial charge < -0.3 is 9.84 Å². The number of carboxylic acids is 1. The lowest BCUT2D eigenvalue weighted by Crippen LogP contribution is -2.35. The number of rotatable bonds is 4. The van der Waals surface area contributed by atoms with Crippen molar-refractivity contribution < 1.29 is 14.6 Å². The summed E-state index contributed by atoms with van der Waals surface area (Å²) in [6.07, 6.45) is 8.25. The largest absolute Gasteiger partial charge is 0.478 e. The van der Waals surface area contributed by atoms with Gasteiger partial charge in [0.2, 0.25) is 0 Å². The second-order valence-corrected chi connectivity index (χ2v) is 6.63. The molecule has 1 saturated heterocycles. The van der Waals surface area contributed by atoms with Crippen LogP contribution in [0.4, 0.5) is 0 Å². The first-order chi connectivity index (χ1) is 12.2. The van der Waals surface area contributed by atoms with E-state index in [2.05, 4.69) is 19.9 Å². The van der Waals surface area contributed by atoms with Gasteiger partial charge in [-0.25, -0.2) is 14.8 Å². The second-order valence-electron chi connectivity index (χ2n) is 6.63. The highest BCUT2D eigenvalue weighted by atomic mass is 16.5. The average molecular weight is 340 g/mol. The van der Waals surface area contributed by atoms with Crippen molar-refractivity contribution in [2.75, 3.05) is 26.3 Å². The van der Waals surface area contributed by atoms with Crippen LogP contribution in [0, 0.1) is 5.92 Å². The number of nitrogens with zero attached hydrogens (tertiary/aromatic N) is 4. The van der Waals surface area contributed by atoms with Crippen LogP contribution in [0.25, 0.3) is 11.3 Å². The van der Waals surface area contributed by atoms with Gasteiger partial charge >= 0.3 is 5.97 Å². The lowest BCUT2D eigenvalue weighted by atomic mass is 9.92. The zero-order chi connectivity index (χ0) is 17.2. The normalized spacial score (nSPS) is 20.4. The molecule has 0 radical (unpaired) electrons. The van der Waals surface area contributed by atoms with Crippen LogP contribution in [0.15, 0.2) is 24.9 Å². The minimum absolute atomic E-state index is 0.288. The molecule has 7 nitrogen and oxygen atoms in total. The van der Waals surface area contributed by atoms with Crippen LogP contribution in [-0.2, 0) is 17.7 Å². The second kappa shape index (κ2) is 6.85. The summed E-state index contributed by atoms with van der Waals surface area (Å²) >= 11 is 0. The molecule has 130 valence electrons. The highest BCUT2D eigenvalue weighted by Gasteiger charge is 2.27. The Morgan fingerprint density at radius 3 is 2.88 bits per heavy atom. The molecule has 1 fully saturated rings. The van der Waals surface area contributed by atoms with E-state index in [9.17, 15) is 9.90 Å². The Morgan fingerprint density at radius 2 is 2.16 bits per heavy atom. The molecule has 4 rings (SSSR count). The Balaban J connectivity index is 1.64. The van der Waals surface area contributed by atoms with Crippen molar-refractivity contribution in [2.45, 2.75) is 19.4 Å². The van der Waals surface area contributed by atoms with Gasteiger partial charge in [0.05, 0.1) is 17.9 Å². The quantitative estimate of drug-likeness (QED) is 0.905. The Kier molecular flexibility index (Phi) is 4.42. The summed E-state index contributed by atoms with van der Waals surface area (Å²) in [6.45, 7) is 4.27. The molecule has 0 amide bonds. The van der Waals surface area contributed by atoms with Crippen molar-refractivity contribution in [1.82, 2.24) is 19.9 Å². The summed E-state index contributed by atoms with van der Waals surface area (Å²) in [4.78, 5) is 26.7. The third kappa shape index (κ3) is 3.25. The van der Waals surface area contributed by atoms with Crippen LogP contribution < -0.4 is 0 Å². The first-order valence-corrected chi connectivity index (χ1v) is 8.52. The Labute approximate surface area is 145 Å². The molecule has 2 aromatic rings. The Hall–Kier alpha value is -2.38. The standard InChI is InChI=1S/C18H20N4O3/c23-18(24)16-15-1-3-22(8-12-2-4-25-10-12)9-14(15)7-21-17(16)13-5-19-11-20-6-13/h5-7,11-12H,1-4,8-10H2,(H,23,24). The fraction of sp³-hybridized carbons (Fsp3) is 0.444. The van der Waals surface area contributed by atoms with Gasteiger partial charge in [0, 0.05) is 50.4 Å². The van der Waals surface area contributed by atoms with Crippen molar-refractivity contribution in [3.8, 4) is 11.3 Å². The highest BCUT2D eigenvalue weighted by molar-refractivity contribution is 5.96.